The second-order valence-corrected chi connectivity index (χ2v) is 12.2. The minimum absolute atomic E-state index is 0.0388. The molecule has 216 valence electrons. The number of amides is 2. The molecule has 3 fully saturated rings. The third-order valence-corrected chi connectivity index (χ3v) is 9.32. The Balaban J connectivity index is 1.21. The first-order valence-corrected chi connectivity index (χ1v) is 14.3. The smallest absolute Gasteiger partial charge is 0.255 e. The molecule has 2 aliphatic heterocycles. The first kappa shape index (κ1) is 28.6. The summed E-state index contributed by atoms with van der Waals surface area (Å²) < 4.78 is 41.1. The highest BCUT2D eigenvalue weighted by Crippen LogP contribution is 2.44. The molecular formula is C31H39F3N4O2. The van der Waals surface area contributed by atoms with E-state index in [0.717, 1.165) is 50.0 Å². The summed E-state index contributed by atoms with van der Waals surface area (Å²) in [5.41, 5.74) is 3.00. The van der Waals surface area contributed by atoms with Crippen molar-refractivity contribution in [1.82, 2.24) is 19.7 Å². The van der Waals surface area contributed by atoms with Crippen molar-refractivity contribution in [2.75, 3.05) is 26.2 Å². The Morgan fingerprint density at radius 2 is 1.73 bits per heavy atom. The highest BCUT2D eigenvalue weighted by molar-refractivity contribution is 5.96. The van der Waals surface area contributed by atoms with Gasteiger partial charge in [-0.15, -0.1) is 0 Å². The molecule has 2 aromatic rings. The molecule has 0 unspecified atom stereocenters. The summed E-state index contributed by atoms with van der Waals surface area (Å²) in [5.74, 6) is -4.02. The fraction of sp³-hybridized carbons (Fsp3) is 0.581. The number of pyridine rings is 1. The van der Waals surface area contributed by atoms with Gasteiger partial charge in [0.15, 0.2) is 0 Å². The Morgan fingerprint density at radius 1 is 1.05 bits per heavy atom. The number of rotatable bonds is 6. The van der Waals surface area contributed by atoms with Gasteiger partial charge in [0.25, 0.3) is 5.91 Å². The van der Waals surface area contributed by atoms with Gasteiger partial charge in [-0.25, -0.2) is 13.2 Å². The van der Waals surface area contributed by atoms with E-state index >= 15 is 0 Å². The standard InChI is InChI=1S/C31H39F3N4O2/c1-21-7-12-35-22(2)27(21)29(40)36-15-10-30(3,11-16-36)37-13-8-26(9-14-37)38(20-23-5-4-6-25(32)17-23)28(39)24-18-31(33,34)19-24/h4-7,12,17,24,26H,8-11,13-16,18-20H2,1-3H3. The first-order chi connectivity index (χ1) is 19.0. The molecule has 6 nitrogen and oxygen atoms in total. The van der Waals surface area contributed by atoms with Crippen LogP contribution in [0.1, 0.15) is 72.6 Å². The lowest BCUT2D eigenvalue weighted by atomic mass is 9.79. The van der Waals surface area contributed by atoms with Crippen LogP contribution in [0.25, 0.3) is 0 Å². The summed E-state index contributed by atoms with van der Waals surface area (Å²) in [6.07, 6.45) is 4.08. The molecule has 9 heteroatoms. The molecule has 0 radical (unpaired) electrons. The molecule has 1 saturated carbocycles. The summed E-state index contributed by atoms with van der Waals surface area (Å²) in [4.78, 5) is 37.1. The summed E-state index contributed by atoms with van der Waals surface area (Å²) >= 11 is 0. The highest BCUT2D eigenvalue weighted by Gasteiger charge is 2.50. The summed E-state index contributed by atoms with van der Waals surface area (Å²) in [6.45, 7) is 9.20. The Kier molecular flexibility index (Phi) is 7.97. The topological polar surface area (TPSA) is 56.8 Å². The minimum Gasteiger partial charge on any atom is -0.338 e. The number of hydrogen-bond acceptors (Lipinski definition) is 4. The van der Waals surface area contributed by atoms with Crippen LogP contribution in [0.2, 0.25) is 0 Å². The molecule has 40 heavy (non-hydrogen) atoms. The molecule has 0 atom stereocenters. The molecule has 0 spiro atoms. The fourth-order valence-electron chi connectivity index (χ4n) is 6.69. The first-order valence-electron chi connectivity index (χ1n) is 14.3. The van der Waals surface area contributed by atoms with Gasteiger partial charge in [-0.1, -0.05) is 12.1 Å². The molecular weight excluding hydrogens is 517 g/mol. The molecule has 0 bridgehead atoms. The third kappa shape index (κ3) is 5.90. The Morgan fingerprint density at radius 3 is 2.33 bits per heavy atom. The lowest BCUT2D eigenvalue weighted by Crippen LogP contribution is -2.59. The minimum atomic E-state index is -2.77. The summed E-state index contributed by atoms with van der Waals surface area (Å²) in [6, 6.07) is 7.95. The van der Waals surface area contributed by atoms with Crippen LogP contribution in [0.3, 0.4) is 0 Å². The van der Waals surface area contributed by atoms with Crippen molar-refractivity contribution >= 4 is 11.8 Å². The van der Waals surface area contributed by atoms with Gasteiger partial charge in [0.05, 0.1) is 11.3 Å². The number of aromatic nitrogens is 1. The van der Waals surface area contributed by atoms with Gasteiger partial charge in [-0.05, 0) is 75.8 Å². The number of carbonyl (C=O) groups is 2. The number of benzene rings is 1. The van der Waals surface area contributed by atoms with Crippen LogP contribution < -0.4 is 0 Å². The number of halogens is 3. The largest absolute Gasteiger partial charge is 0.338 e. The van der Waals surface area contributed by atoms with E-state index in [1.54, 1.807) is 23.2 Å². The molecule has 0 N–H and O–H groups in total. The number of alkyl halides is 2. The number of likely N-dealkylation sites (tertiary alicyclic amines) is 2. The molecule has 1 aromatic carbocycles. The molecule has 2 amide bonds. The number of nitrogens with zero attached hydrogens (tertiary/aromatic N) is 4. The van der Waals surface area contributed by atoms with E-state index in [1.165, 1.54) is 12.1 Å². The summed E-state index contributed by atoms with van der Waals surface area (Å²) in [5, 5.41) is 0. The zero-order valence-electron chi connectivity index (χ0n) is 23.6. The third-order valence-electron chi connectivity index (χ3n) is 9.32. The second kappa shape index (κ2) is 11.1. The maximum atomic E-state index is 13.9. The molecule has 3 heterocycles. The van der Waals surface area contributed by atoms with Gasteiger partial charge < -0.3 is 9.80 Å². The van der Waals surface area contributed by atoms with E-state index in [-0.39, 0.29) is 35.8 Å². The molecule has 1 aromatic heterocycles. The monoisotopic (exact) mass is 556 g/mol. The van der Waals surface area contributed by atoms with Crippen molar-refractivity contribution in [1.29, 1.82) is 0 Å². The number of aryl methyl sites for hydroxylation is 2. The predicted molar refractivity (Wildman–Crippen MR) is 146 cm³/mol. The fourth-order valence-corrected chi connectivity index (χ4v) is 6.69. The van der Waals surface area contributed by atoms with Gasteiger partial charge >= 0.3 is 0 Å². The number of hydrogen-bond donors (Lipinski definition) is 0. The van der Waals surface area contributed by atoms with Crippen molar-refractivity contribution in [2.24, 2.45) is 5.92 Å². The van der Waals surface area contributed by atoms with E-state index < -0.39 is 24.7 Å². The van der Waals surface area contributed by atoms with Gasteiger partial charge in [0, 0.05) is 69.3 Å². The van der Waals surface area contributed by atoms with Crippen molar-refractivity contribution < 1.29 is 22.8 Å². The van der Waals surface area contributed by atoms with Gasteiger partial charge in [0.1, 0.15) is 5.82 Å². The average Bonchev–Trinajstić information content (AvgIpc) is 2.90. The van der Waals surface area contributed by atoms with Gasteiger partial charge in [-0.3, -0.25) is 19.5 Å². The molecule has 3 aliphatic rings. The van der Waals surface area contributed by atoms with Crippen LogP contribution in [-0.2, 0) is 11.3 Å². The van der Waals surface area contributed by atoms with Crippen molar-refractivity contribution in [3.63, 3.8) is 0 Å². The van der Waals surface area contributed by atoms with E-state index in [9.17, 15) is 22.8 Å². The lowest BCUT2D eigenvalue weighted by Gasteiger charge is -2.50. The maximum Gasteiger partial charge on any atom is 0.255 e. The molecule has 1 aliphatic carbocycles. The van der Waals surface area contributed by atoms with E-state index in [4.69, 9.17) is 0 Å². The molecule has 2 saturated heterocycles. The van der Waals surface area contributed by atoms with Crippen molar-refractivity contribution in [3.8, 4) is 0 Å². The van der Waals surface area contributed by atoms with Gasteiger partial charge in [0.2, 0.25) is 11.8 Å². The Bertz CT molecular complexity index is 1220. The van der Waals surface area contributed by atoms with E-state index in [2.05, 4.69) is 16.8 Å². The van der Waals surface area contributed by atoms with Crippen LogP contribution in [0, 0.1) is 25.6 Å². The van der Waals surface area contributed by atoms with E-state index in [1.807, 2.05) is 24.8 Å². The quantitative estimate of drug-likeness (QED) is 0.480. The predicted octanol–water partition coefficient (Wildman–Crippen LogP) is 5.37. The van der Waals surface area contributed by atoms with Crippen LogP contribution >= 0.6 is 0 Å². The molecule has 5 rings (SSSR count). The van der Waals surface area contributed by atoms with Crippen LogP contribution in [0.5, 0.6) is 0 Å². The SMILES string of the molecule is Cc1ccnc(C)c1C(=O)N1CCC(C)(N2CCC(N(Cc3cccc(F)c3)C(=O)C3CC(F)(F)C3)CC2)CC1. The zero-order valence-corrected chi connectivity index (χ0v) is 23.6. The number of piperidine rings is 2. The zero-order chi connectivity index (χ0) is 28.7. The van der Waals surface area contributed by atoms with Crippen LogP contribution in [0.15, 0.2) is 36.5 Å². The Hall–Kier alpha value is -2.94. The number of carbonyl (C=O) groups excluding carboxylic acids is 2. The maximum absolute atomic E-state index is 13.9. The van der Waals surface area contributed by atoms with Crippen molar-refractivity contribution in [2.45, 2.75) is 83.3 Å². The van der Waals surface area contributed by atoms with Crippen LogP contribution in [-0.4, -0.2) is 75.2 Å². The van der Waals surface area contributed by atoms with E-state index in [0.29, 0.717) is 24.2 Å². The Labute approximate surface area is 234 Å². The summed E-state index contributed by atoms with van der Waals surface area (Å²) in [7, 11) is 0. The lowest BCUT2D eigenvalue weighted by molar-refractivity contribution is -0.163. The normalized spacial score (nSPS) is 21.6. The van der Waals surface area contributed by atoms with Crippen LogP contribution in [0.4, 0.5) is 13.2 Å². The average molecular weight is 557 g/mol. The highest BCUT2D eigenvalue weighted by atomic mass is 19.3. The second-order valence-electron chi connectivity index (χ2n) is 12.2. The van der Waals surface area contributed by atoms with Crippen molar-refractivity contribution in [3.05, 3.63) is 64.7 Å². The van der Waals surface area contributed by atoms with Gasteiger partial charge in [-0.2, -0.15) is 0 Å².